The molecule has 0 fully saturated rings. The van der Waals surface area contributed by atoms with Gasteiger partial charge < -0.3 is 20.2 Å². The third-order valence-corrected chi connectivity index (χ3v) is 3.45. The topological polar surface area (TPSA) is 90.0 Å². The number of amides is 2. The van der Waals surface area contributed by atoms with Gasteiger partial charge in [0.25, 0.3) is 12.4 Å². The number of nitrogens with zero attached hydrogens (tertiary/aromatic N) is 2. The average molecular weight is 342 g/mol. The molecule has 1 aliphatic rings. The summed E-state index contributed by atoms with van der Waals surface area (Å²) in [5.41, 5.74) is 1.82. The lowest BCUT2D eigenvalue weighted by atomic mass is 10.1. The number of benzene rings is 1. The summed E-state index contributed by atoms with van der Waals surface area (Å²) in [5, 5.41) is 10.2. The third-order valence-electron chi connectivity index (χ3n) is 3.23. The van der Waals surface area contributed by atoms with Gasteiger partial charge in [-0.25, -0.2) is 0 Å². The zero-order valence-corrected chi connectivity index (χ0v) is 14.1. The van der Waals surface area contributed by atoms with Gasteiger partial charge >= 0.3 is 0 Å². The predicted octanol–water partition coefficient (Wildman–Crippen LogP) is 1.31. The minimum absolute atomic E-state index is 0.0679. The monoisotopic (exact) mass is 341 g/mol. The molecular weight excluding hydrogens is 322 g/mol. The highest BCUT2D eigenvalue weighted by Gasteiger charge is 2.27. The smallest absolute Gasteiger partial charge is 0.290 e. The molecule has 0 aliphatic carbocycles. The van der Waals surface area contributed by atoms with Gasteiger partial charge in [0.05, 0.1) is 11.3 Å². The lowest BCUT2D eigenvalue weighted by Gasteiger charge is -2.21. The maximum absolute atomic E-state index is 12.6. The normalized spacial score (nSPS) is 13.7. The number of carbonyl (C=O) groups excluding carboxylic acids is 2. The molecule has 126 valence electrons. The van der Waals surface area contributed by atoms with Gasteiger partial charge in [-0.05, 0) is 38.7 Å². The molecule has 0 bridgehead atoms. The number of nitrogens with one attached hydrogen (secondary N) is 1. The maximum Gasteiger partial charge on any atom is 0.290 e. The summed E-state index contributed by atoms with van der Waals surface area (Å²) >= 11 is 6.02. The van der Waals surface area contributed by atoms with Crippen molar-refractivity contribution in [1.29, 1.82) is 0 Å². The Bertz CT molecular complexity index is 605. The largest absolute Gasteiger partial charge is 0.483 e. The quantitative estimate of drug-likeness (QED) is 0.809. The Hall–Kier alpha value is -2.12. The van der Waals surface area contributed by atoms with Crippen molar-refractivity contribution in [3.05, 3.63) is 28.3 Å². The lowest BCUT2D eigenvalue weighted by Crippen LogP contribution is -2.39. The Morgan fingerprint density at radius 2 is 2.00 bits per heavy atom. The number of carbonyl (C=O) groups is 3. The number of halogens is 1. The van der Waals surface area contributed by atoms with Crippen molar-refractivity contribution in [3.8, 4) is 0 Å². The van der Waals surface area contributed by atoms with Crippen LogP contribution in [0, 0.1) is 6.92 Å². The molecule has 0 spiro atoms. The van der Waals surface area contributed by atoms with E-state index in [0.29, 0.717) is 29.4 Å². The maximum atomic E-state index is 12.6. The van der Waals surface area contributed by atoms with Crippen LogP contribution in [0.3, 0.4) is 0 Å². The molecule has 0 unspecified atom stereocenters. The SMILES string of the molecule is Cc1cc(Cl)cc2c1NC(=O)CN(CCN(C)C)C2=O.O=CO. The molecule has 1 aromatic carbocycles. The van der Waals surface area contributed by atoms with Crippen molar-refractivity contribution in [2.24, 2.45) is 0 Å². The summed E-state index contributed by atoms with van der Waals surface area (Å²) < 4.78 is 0. The number of hydrogen-bond donors (Lipinski definition) is 2. The average Bonchev–Trinajstić information content (AvgIpc) is 2.56. The van der Waals surface area contributed by atoms with E-state index in [1.807, 2.05) is 25.9 Å². The number of carboxylic acid groups (broad SMARTS) is 1. The Morgan fingerprint density at radius 3 is 2.57 bits per heavy atom. The van der Waals surface area contributed by atoms with Gasteiger partial charge in [-0.3, -0.25) is 14.4 Å². The van der Waals surface area contributed by atoms with Crippen LogP contribution in [-0.4, -0.2) is 66.9 Å². The Balaban J connectivity index is 0.000000816. The summed E-state index contributed by atoms with van der Waals surface area (Å²) in [6.45, 7) is 2.85. The number of aryl methyl sites for hydroxylation is 1. The van der Waals surface area contributed by atoms with E-state index in [2.05, 4.69) is 5.32 Å². The van der Waals surface area contributed by atoms with E-state index >= 15 is 0 Å². The molecular formula is C15H20ClN3O4. The Kier molecular flexibility index (Phi) is 6.99. The summed E-state index contributed by atoms with van der Waals surface area (Å²) in [4.78, 5) is 36.4. The summed E-state index contributed by atoms with van der Waals surface area (Å²) in [5.74, 6) is -0.341. The minimum atomic E-state index is -0.250. The fourth-order valence-electron chi connectivity index (χ4n) is 2.17. The van der Waals surface area contributed by atoms with Crippen molar-refractivity contribution in [1.82, 2.24) is 9.80 Å². The van der Waals surface area contributed by atoms with E-state index in [9.17, 15) is 9.59 Å². The van der Waals surface area contributed by atoms with Gasteiger partial charge in [0.1, 0.15) is 6.54 Å². The van der Waals surface area contributed by atoms with Gasteiger partial charge in [-0.2, -0.15) is 0 Å². The molecule has 1 aromatic rings. The predicted molar refractivity (Wildman–Crippen MR) is 88.0 cm³/mol. The van der Waals surface area contributed by atoms with Crippen LogP contribution in [0.15, 0.2) is 12.1 Å². The number of likely N-dealkylation sites (N-methyl/N-ethyl adjacent to an activating group) is 1. The lowest BCUT2D eigenvalue weighted by molar-refractivity contribution is -0.123. The first-order valence-corrected chi connectivity index (χ1v) is 7.29. The van der Waals surface area contributed by atoms with Gasteiger partial charge in [0.15, 0.2) is 0 Å². The highest BCUT2D eigenvalue weighted by molar-refractivity contribution is 6.31. The summed E-state index contributed by atoms with van der Waals surface area (Å²) in [6.07, 6.45) is 0. The van der Waals surface area contributed by atoms with E-state index in [4.69, 9.17) is 21.5 Å². The first kappa shape index (κ1) is 18.9. The van der Waals surface area contributed by atoms with Crippen molar-refractivity contribution >= 4 is 35.6 Å². The fraction of sp³-hybridized carbons (Fsp3) is 0.400. The van der Waals surface area contributed by atoms with E-state index < -0.39 is 0 Å². The second-order valence-electron chi connectivity index (χ2n) is 5.33. The summed E-state index contributed by atoms with van der Waals surface area (Å²) in [6, 6.07) is 3.35. The minimum Gasteiger partial charge on any atom is -0.483 e. The standard InChI is InChI=1S/C14H18ClN3O2.CH2O2/c1-9-6-10(15)7-11-13(9)16-12(19)8-18(14(11)20)5-4-17(2)3;2-1-3/h6-7H,4-5,8H2,1-3H3,(H,16,19);1H,(H,2,3). The van der Waals surface area contributed by atoms with Crippen molar-refractivity contribution in [2.75, 3.05) is 39.0 Å². The van der Waals surface area contributed by atoms with E-state index in [1.54, 1.807) is 17.0 Å². The van der Waals surface area contributed by atoms with Crippen molar-refractivity contribution in [2.45, 2.75) is 6.92 Å². The Morgan fingerprint density at radius 1 is 1.39 bits per heavy atom. The first-order chi connectivity index (χ1) is 10.8. The van der Waals surface area contributed by atoms with Gasteiger partial charge in [0, 0.05) is 18.1 Å². The van der Waals surface area contributed by atoms with Crippen LogP contribution >= 0.6 is 11.6 Å². The fourth-order valence-corrected chi connectivity index (χ4v) is 2.45. The number of hydrogen-bond acceptors (Lipinski definition) is 4. The molecule has 1 heterocycles. The molecule has 0 saturated carbocycles. The Labute approximate surface area is 139 Å². The van der Waals surface area contributed by atoms with Crippen LogP contribution < -0.4 is 5.32 Å². The van der Waals surface area contributed by atoms with Gasteiger partial charge in [0.2, 0.25) is 5.91 Å². The molecule has 7 nitrogen and oxygen atoms in total. The van der Waals surface area contributed by atoms with Gasteiger partial charge in [-0.15, -0.1) is 0 Å². The molecule has 2 rings (SSSR count). The zero-order chi connectivity index (χ0) is 17.6. The highest BCUT2D eigenvalue weighted by Crippen LogP contribution is 2.28. The molecule has 2 amide bonds. The van der Waals surface area contributed by atoms with Crippen molar-refractivity contribution in [3.63, 3.8) is 0 Å². The van der Waals surface area contributed by atoms with Crippen LogP contribution in [0.1, 0.15) is 15.9 Å². The van der Waals surface area contributed by atoms with Crippen LogP contribution in [0.2, 0.25) is 5.02 Å². The van der Waals surface area contributed by atoms with E-state index in [1.165, 1.54) is 0 Å². The zero-order valence-electron chi connectivity index (χ0n) is 13.3. The molecule has 8 heteroatoms. The molecule has 1 aliphatic heterocycles. The second kappa shape index (κ2) is 8.50. The molecule has 23 heavy (non-hydrogen) atoms. The molecule has 0 saturated heterocycles. The third kappa shape index (κ3) is 5.22. The molecule has 2 N–H and O–H groups in total. The first-order valence-electron chi connectivity index (χ1n) is 6.92. The highest BCUT2D eigenvalue weighted by atomic mass is 35.5. The molecule has 0 aromatic heterocycles. The van der Waals surface area contributed by atoms with Crippen LogP contribution in [-0.2, 0) is 9.59 Å². The van der Waals surface area contributed by atoms with E-state index in [-0.39, 0.29) is 24.8 Å². The van der Waals surface area contributed by atoms with Crippen LogP contribution in [0.25, 0.3) is 0 Å². The van der Waals surface area contributed by atoms with Gasteiger partial charge in [-0.1, -0.05) is 11.6 Å². The number of anilines is 1. The second-order valence-corrected chi connectivity index (χ2v) is 5.77. The van der Waals surface area contributed by atoms with E-state index in [0.717, 1.165) is 5.56 Å². The van der Waals surface area contributed by atoms with Crippen LogP contribution in [0.4, 0.5) is 5.69 Å². The van der Waals surface area contributed by atoms with Crippen molar-refractivity contribution < 1.29 is 19.5 Å². The number of rotatable bonds is 3. The molecule has 0 radical (unpaired) electrons. The van der Waals surface area contributed by atoms with Crippen LogP contribution in [0.5, 0.6) is 0 Å². The number of fused-ring (bicyclic) bond motifs is 1. The summed E-state index contributed by atoms with van der Waals surface area (Å²) in [7, 11) is 3.86. The molecule has 0 atom stereocenters.